The molecule has 0 amide bonds. The molecule has 2 aromatic rings. The molecule has 0 aromatic carbocycles. The van der Waals surface area contributed by atoms with Crippen LogP contribution in [-0.4, -0.2) is 9.97 Å². The Kier molecular flexibility index (Phi) is 3.56. The smallest absolute Gasteiger partial charge is 0.103 e. The van der Waals surface area contributed by atoms with Crippen LogP contribution in [0.15, 0.2) is 22.1 Å². The van der Waals surface area contributed by atoms with Gasteiger partial charge in [0.25, 0.3) is 0 Å². The summed E-state index contributed by atoms with van der Waals surface area (Å²) in [7, 11) is 0. The molecule has 5 heteroatoms. The van der Waals surface area contributed by atoms with Crippen molar-refractivity contribution >= 4 is 27.3 Å². The number of H-pyrrole nitrogens is 1. The van der Waals surface area contributed by atoms with Gasteiger partial charge in [-0.3, -0.25) is 0 Å². The molecule has 0 aliphatic carbocycles. The van der Waals surface area contributed by atoms with Gasteiger partial charge < -0.3 is 10.3 Å². The molecule has 2 N–H and O–H groups in total. The summed E-state index contributed by atoms with van der Waals surface area (Å²) in [6.45, 7) is 3.67. The molecule has 0 spiro atoms. The van der Waals surface area contributed by atoms with Crippen LogP contribution in [-0.2, 0) is 13.1 Å². The number of aromatic nitrogens is 2. The second-order valence-electron chi connectivity index (χ2n) is 3.29. The highest BCUT2D eigenvalue weighted by Gasteiger charge is 2.01. The highest BCUT2D eigenvalue weighted by molar-refractivity contribution is 9.10. The lowest BCUT2D eigenvalue weighted by Gasteiger charge is -2.01. The first kappa shape index (κ1) is 10.9. The van der Waals surface area contributed by atoms with Crippen LogP contribution in [0.3, 0.4) is 0 Å². The van der Waals surface area contributed by atoms with E-state index in [9.17, 15) is 0 Å². The van der Waals surface area contributed by atoms with E-state index in [1.165, 1.54) is 9.35 Å². The lowest BCUT2D eigenvalue weighted by molar-refractivity contribution is 0.687. The van der Waals surface area contributed by atoms with Crippen molar-refractivity contribution in [3.63, 3.8) is 0 Å². The molecule has 3 nitrogen and oxygen atoms in total. The third kappa shape index (κ3) is 2.90. The number of imidazole rings is 1. The Hall–Kier alpha value is -0.650. The van der Waals surface area contributed by atoms with Crippen LogP contribution in [0.25, 0.3) is 0 Å². The van der Waals surface area contributed by atoms with Gasteiger partial charge in [-0.15, -0.1) is 11.3 Å². The first-order valence-electron chi connectivity index (χ1n) is 4.69. The monoisotopic (exact) mass is 285 g/mol. The highest BCUT2D eigenvalue weighted by Crippen LogP contribution is 2.22. The molecule has 2 aromatic heterocycles. The third-order valence-electron chi connectivity index (χ3n) is 2.05. The predicted octanol–water partition coefficient (Wildman–Crippen LogP) is 2.83. The number of hydrogen-bond acceptors (Lipinski definition) is 3. The topological polar surface area (TPSA) is 40.7 Å². The fourth-order valence-electron chi connectivity index (χ4n) is 1.32. The molecule has 0 unspecified atom stereocenters. The maximum Gasteiger partial charge on any atom is 0.103 e. The largest absolute Gasteiger partial charge is 0.345 e. The van der Waals surface area contributed by atoms with Gasteiger partial charge in [-0.25, -0.2) is 4.98 Å². The summed E-state index contributed by atoms with van der Waals surface area (Å²) in [5.74, 6) is 0.962. The minimum absolute atomic E-state index is 0.825. The molecule has 2 heterocycles. The summed E-state index contributed by atoms with van der Waals surface area (Å²) in [4.78, 5) is 8.66. The van der Waals surface area contributed by atoms with Crippen molar-refractivity contribution in [2.24, 2.45) is 0 Å². The quantitative estimate of drug-likeness (QED) is 0.907. The van der Waals surface area contributed by atoms with Gasteiger partial charge in [0.1, 0.15) is 5.82 Å². The number of hydrogen-bond donors (Lipinski definition) is 2. The van der Waals surface area contributed by atoms with Crippen molar-refractivity contribution < 1.29 is 0 Å². The molecule has 2 rings (SSSR count). The molecular formula is C10H12BrN3S. The average molecular weight is 286 g/mol. The minimum Gasteiger partial charge on any atom is -0.345 e. The van der Waals surface area contributed by atoms with Gasteiger partial charge in [0.2, 0.25) is 0 Å². The van der Waals surface area contributed by atoms with Crippen LogP contribution in [0.1, 0.15) is 16.4 Å². The van der Waals surface area contributed by atoms with Crippen LogP contribution >= 0.6 is 27.3 Å². The second-order valence-corrected chi connectivity index (χ2v) is 5.14. The lowest BCUT2D eigenvalue weighted by atomic mass is 10.4. The Balaban J connectivity index is 1.83. The zero-order valence-corrected chi connectivity index (χ0v) is 10.8. The van der Waals surface area contributed by atoms with Gasteiger partial charge in [-0.2, -0.15) is 0 Å². The van der Waals surface area contributed by atoms with Crippen molar-refractivity contribution in [3.05, 3.63) is 38.5 Å². The normalized spacial score (nSPS) is 10.8. The summed E-state index contributed by atoms with van der Waals surface area (Å²) in [5, 5.41) is 5.45. The molecule has 0 aliphatic rings. The van der Waals surface area contributed by atoms with Crippen LogP contribution in [0.5, 0.6) is 0 Å². The first-order valence-corrected chi connectivity index (χ1v) is 6.36. The minimum atomic E-state index is 0.825. The van der Waals surface area contributed by atoms with E-state index in [1.807, 2.05) is 13.1 Å². The Morgan fingerprint density at radius 3 is 3.00 bits per heavy atom. The molecule has 0 bridgehead atoms. The van der Waals surface area contributed by atoms with Gasteiger partial charge >= 0.3 is 0 Å². The lowest BCUT2D eigenvalue weighted by Crippen LogP contribution is -2.12. The SMILES string of the molecule is Cc1ncc(CNCc2sccc2Br)[nH]1. The number of halogens is 1. The molecule has 0 atom stereocenters. The number of thiophene rings is 1. The highest BCUT2D eigenvalue weighted by atomic mass is 79.9. The molecule has 0 fully saturated rings. The van der Waals surface area contributed by atoms with Crippen LogP contribution < -0.4 is 5.32 Å². The number of rotatable bonds is 4. The zero-order chi connectivity index (χ0) is 10.7. The van der Waals surface area contributed by atoms with Gasteiger partial charge in [0.05, 0.1) is 0 Å². The number of aryl methyl sites for hydroxylation is 1. The summed E-state index contributed by atoms with van der Waals surface area (Å²) in [6.07, 6.45) is 1.87. The van der Waals surface area contributed by atoms with Crippen LogP contribution in [0, 0.1) is 6.92 Å². The molecule has 0 saturated carbocycles. The van der Waals surface area contributed by atoms with E-state index >= 15 is 0 Å². The van der Waals surface area contributed by atoms with Crippen molar-refractivity contribution in [1.29, 1.82) is 0 Å². The maximum atomic E-state index is 4.15. The standard InChI is InChI=1S/C10H12BrN3S/c1-7-13-5-8(14-7)4-12-6-10-9(11)2-3-15-10/h2-3,5,12H,4,6H2,1H3,(H,13,14). The molecule has 0 aliphatic heterocycles. The van der Waals surface area contributed by atoms with E-state index < -0.39 is 0 Å². The van der Waals surface area contributed by atoms with Gasteiger partial charge in [0.15, 0.2) is 0 Å². The number of aromatic amines is 1. The molecular weight excluding hydrogens is 274 g/mol. The summed E-state index contributed by atoms with van der Waals surface area (Å²) < 4.78 is 1.18. The second kappa shape index (κ2) is 4.92. The Labute approximate surface area is 101 Å². The number of nitrogens with zero attached hydrogens (tertiary/aromatic N) is 1. The van der Waals surface area contributed by atoms with Gasteiger partial charge in [-0.1, -0.05) is 0 Å². The third-order valence-corrected chi connectivity index (χ3v) is 3.97. The summed E-state index contributed by atoms with van der Waals surface area (Å²) >= 11 is 5.26. The van der Waals surface area contributed by atoms with E-state index in [2.05, 4.69) is 42.7 Å². The van der Waals surface area contributed by atoms with Crippen molar-refractivity contribution in [2.75, 3.05) is 0 Å². The maximum absolute atomic E-state index is 4.15. The average Bonchev–Trinajstić information content (AvgIpc) is 2.77. The molecule has 15 heavy (non-hydrogen) atoms. The van der Waals surface area contributed by atoms with E-state index in [4.69, 9.17) is 0 Å². The van der Waals surface area contributed by atoms with Crippen molar-refractivity contribution in [3.8, 4) is 0 Å². The Morgan fingerprint density at radius 1 is 1.53 bits per heavy atom. The fourth-order valence-corrected chi connectivity index (χ4v) is 2.79. The van der Waals surface area contributed by atoms with Gasteiger partial charge in [0, 0.05) is 34.3 Å². The van der Waals surface area contributed by atoms with Crippen LogP contribution in [0.2, 0.25) is 0 Å². The molecule has 80 valence electrons. The molecule has 0 radical (unpaired) electrons. The molecule has 0 saturated heterocycles. The fraction of sp³-hybridized carbons (Fsp3) is 0.300. The zero-order valence-electron chi connectivity index (χ0n) is 8.38. The van der Waals surface area contributed by atoms with E-state index in [1.54, 1.807) is 11.3 Å². The van der Waals surface area contributed by atoms with E-state index in [0.29, 0.717) is 0 Å². The summed E-state index contributed by atoms with van der Waals surface area (Å²) in [6, 6.07) is 2.07. The van der Waals surface area contributed by atoms with E-state index in [-0.39, 0.29) is 0 Å². The Morgan fingerprint density at radius 2 is 2.40 bits per heavy atom. The van der Waals surface area contributed by atoms with Gasteiger partial charge in [-0.05, 0) is 34.3 Å². The first-order chi connectivity index (χ1) is 7.25. The summed E-state index contributed by atoms with van der Waals surface area (Å²) in [5.41, 5.74) is 1.13. The van der Waals surface area contributed by atoms with Crippen molar-refractivity contribution in [1.82, 2.24) is 15.3 Å². The van der Waals surface area contributed by atoms with Crippen LogP contribution in [0.4, 0.5) is 0 Å². The van der Waals surface area contributed by atoms with Crippen molar-refractivity contribution in [2.45, 2.75) is 20.0 Å². The predicted molar refractivity (Wildman–Crippen MR) is 65.9 cm³/mol. The van der Waals surface area contributed by atoms with E-state index in [0.717, 1.165) is 24.6 Å². The number of nitrogens with one attached hydrogen (secondary N) is 2. The Bertz CT molecular complexity index is 435.